The normalized spacial score (nSPS) is 14.0. The summed E-state index contributed by atoms with van der Waals surface area (Å²) < 4.78 is 21.3. The Morgan fingerprint density at radius 3 is 2.54 bits per heavy atom. The average Bonchev–Trinajstić information content (AvgIpc) is 1.95. The summed E-state index contributed by atoms with van der Waals surface area (Å²) >= 11 is 1.23. The summed E-state index contributed by atoms with van der Waals surface area (Å²) in [5, 5.41) is 8.38. The molecule has 5 nitrogen and oxygen atoms in total. The molecule has 0 bridgehead atoms. The Kier molecular flexibility index (Phi) is 5.34. The second-order valence-electron chi connectivity index (χ2n) is 2.65. The number of aliphatic carboxylic acids is 1. The van der Waals surface area contributed by atoms with Crippen molar-refractivity contribution in [2.75, 3.05) is 23.5 Å². The van der Waals surface area contributed by atoms with Crippen molar-refractivity contribution in [1.29, 1.82) is 0 Å². The van der Waals surface area contributed by atoms with Gasteiger partial charge in [-0.1, -0.05) is 0 Å². The van der Waals surface area contributed by atoms with Crippen LogP contribution in [0.1, 0.15) is 0 Å². The molecule has 0 radical (unpaired) electrons. The lowest BCUT2D eigenvalue weighted by molar-refractivity contribution is -0.137. The summed E-state index contributed by atoms with van der Waals surface area (Å²) in [6.07, 6.45) is 1.14. The number of thioether (sulfide) groups is 1. The monoisotopic (exact) mass is 227 g/mol. The molecule has 0 aromatic rings. The fourth-order valence-corrected chi connectivity index (χ4v) is 2.74. The second-order valence-corrected chi connectivity index (χ2v) is 6.06. The highest BCUT2D eigenvalue weighted by atomic mass is 32.2. The van der Waals surface area contributed by atoms with Gasteiger partial charge in [0, 0.05) is 17.8 Å². The van der Waals surface area contributed by atoms with Crippen LogP contribution in [-0.2, 0) is 14.6 Å². The van der Waals surface area contributed by atoms with E-state index in [2.05, 4.69) is 0 Å². The average molecular weight is 227 g/mol. The molecule has 0 aliphatic rings. The van der Waals surface area contributed by atoms with E-state index < -0.39 is 21.8 Å². The summed E-state index contributed by atoms with van der Waals surface area (Å²) in [4.78, 5) is 10.2. The van der Waals surface area contributed by atoms with E-state index in [1.54, 1.807) is 0 Å². The van der Waals surface area contributed by atoms with Gasteiger partial charge in [0.05, 0.1) is 5.75 Å². The molecule has 0 aliphatic heterocycles. The van der Waals surface area contributed by atoms with Gasteiger partial charge in [0.25, 0.3) is 0 Å². The van der Waals surface area contributed by atoms with Gasteiger partial charge in [0.15, 0.2) is 0 Å². The summed E-state index contributed by atoms with van der Waals surface area (Å²) in [7, 11) is -2.95. The highest BCUT2D eigenvalue weighted by Gasteiger charge is 2.11. The van der Waals surface area contributed by atoms with Crippen LogP contribution in [0.15, 0.2) is 0 Å². The van der Waals surface area contributed by atoms with Gasteiger partial charge in [-0.05, 0) is 0 Å². The van der Waals surface area contributed by atoms with Gasteiger partial charge in [-0.15, -0.1) is 0 Å². The molecule has 0 saturated carbocycles. The van der Waals surface area contributed by atoms with Crippen molar-refractivity contribution in [3.8, 4) is 0 Å². The molecule has 0 fully saturated rings. The number of carbonyl (C=O) groups is 1. The lowest BCUT2D eigenvalue weighted by Gasteiger charge is -2.04. The van der Waals surface area contributed by atoms with E-state index in [1.807, 2.05) is 0 Å². The lowest BCUT2D eigenvalue weighted by atomic mass is 10.4. The molecular weight excluding hydrogens is 214 g/mol. The molecule has 0 aromatic heterocycles. The van der Waals surface area contributed by atoms with Crippen LogP contribution >= 0.6 is 11.8 Å². The van der Waals surface area contributed by atoms with Crippen molar-refractivity contribution in [2.45, 2.75) is 6.04 Å². The van der Waals surface area contributed by atoms with E-state index in [1.165, 1.54) is 11.8 Å². The van der Waals surface area contributed by atoms with Gasteiger partial charge in [-0.2, -0.15) is 11.8 Å². The molecule has 78 valence electrons. The predicted molar refractivity (Wildman–Crippen MR) is 52.6 cm³/mol. The molecule has 3 N–H and O–H groups in total. The first-order valence-electron chi connectivity index (χ1n) is 3.57. The first kappa shape index (κ1) is 12.7. The Bertz CT molecular complexity index is 262. The number of carboxylic acids is 1. The van der Waals surface area contributed by atoms with Gasteiger partial charge in [-0.25, -0.2) is 8.42 Å². The number of sulfone groups is 1. The van der Waals surface area contributed by atoms with E-state index in [4.69, 9.17) is 10.8 Å². The molecule has 0 aliphatic carbocycles. The summed E-state index contributed by atoms with van der Waals surface area (Å²) in [6.45, 7) is 0. The highest BCUT2D eigenvalue weighted by molar-refractivity contribution is 8.00. The quantitative estimate of drug-likeness (QED) is 0.575. The molecule has 0 heterocycles. The van der Waals surface area contributed by atoms with Gasteiger partial charge < -0.3 is 10.8 Å². The largest absolute Gasteiger partial charge is 0.480 e. The topological polar surface area (TPSA) is 97.5 Å². The molecule has 0 spiro atoms. The van der Waals surface area contributed by atoms with Gasteiger partial charge in [0.2, 0.25) is 0 Å². The van der Waals surface area contributed by atoms with Crippen molar-refractivity contribution in [3.63, 3.8) is 0 Å². The van der Waals surface area contributed by atoms with Crippen LogP contribution in [-0.4, -0.2) is 49.0 Å². The third kappa shape index (κ3) is 8.07. The van der Waals surface area contributed by atoms with E-state index in [0.717, 1.165) is 6.26 Å². The molecule has 0 saturated heterocycles. The van der Waals surface area contributed by atoms with Crippen LogP contribution in [0.5, 0.6) is 0 Å². The molecule has 1 unspecified atom stereocenters. The standard InChI is InChI=1S/C6H13NO4S2/c1-13(10,11)3-2-12-4-5(7)6(8)9/h5H,2-4,7H2,1H3,(H,8,9). The van der Waals surface area contributed by atoms with Crippen LogP contribution in [0.3, 0.4) is 0 Å². The molecular formula is C6H13NO4S2. The summed E-state index contributed by atoms with van der Waals surface area (Å²) in [5.41, 5.74) is 5.20. The minimum atomic E-state index is -2.95. The molecule has 1 atom stereocenters. The smallest absolute Gasteiger partial charge is 0.321 e. The predicted octanol–water partition coefficient (Wildman–Crippen LogP) is -0.824. The fraction of sp³-hybridized carbons (Fsp3) is 0.833. The number of nitrogens with two attached hydrogens (primary N) is 1. The van der Waals surface area contributed by atoms with E-state index in [9.17, 15) is 13.2 Å². The number of hydrogen-bond acceptors (Lipinski definition) is 5. The molecule has 13 heavy (non-hydrogen) atoms. The third-order valence-electron chi connectivity index (χ3n) is 1.21. The molecule has 0 aromatic carbocycles. The second kappa shape index (κ2) is 5.46. The van der Waals surface area contributed by atoms with Crippen LogP contribution in [0.4, 0.5) is 0 Å². The first-order valence-corrected chi connectivity index (χ1v) is 6.78. The Morgan fingerprint density at radius 1 is 1.62 bits per heavy atom. The van der Waals surface area contributed by atoms with Crippen LogP contribution < -0.4 is 5.73 Å². The Morgan fingerprint density at radius 2 is 2.15 bits per heavy atom. The zero-order valence-electron chi connectivity index (χ0n) is 7.26. The lowest BCUT2D eigenvalue weighted by Crippen LogP contribution is -2.32. The van der Waals surface area contributed by atoms with Gasteiger partial charge >= 0.3 is 5.97 Å². The summed E-state index contributed by atoms with van der Waals surface area (Å²) in [6, 6.07) is -0.912. The Hall–Kier alpha value is -0.270. The van der Waals surface area contributed by atoms with Crippen molar-refractivity contribution >= 4 is 27.6 Å². The van der Waals surface area contributed by atoms with Crippen LogP contribution in [0, 0.1) is 0 Å². The maximum absolute atomic E-state index is 10.6. The maximum Gasteiger partial charge on any atom is 0.321 e. The van der Waals surface area contributed by atoms with Crippen LogP contribution in [0.25, 0.3) is 0 Å². The minimum absolute atomic E-state index is 0.0595. The first-order chi connectivity index (χ1) is 5.83. The van der Waals surface area contributed by atoms with Gasteiger partial charge in [-0.3, -0.25) is 4.79 Å². The minimum Gasteiger partial charge on any atom is -0.480 e. The van der Waals surface area contributed by atoms with Crippen molar-refractivity contribution in [3.05, 3.63) is 0 Å². The number of rotatable bonds is 6. The molecule has 0 amide bonds. The number of hydrogen-bond donors (Lipinski definition) is 2. The molecule has 7 heteroatoms. The molecule has 0 rings (SSSR count). The maximum atomic E-state index is 10.6. The zero-order valence-corrected chi connectivity index (χ0v) is 8.90. The fourth-order valence-electron chi connectivity index (χ4n) is 0.492. The van der Waals surface area contributed by atoms with E-state index in [0.29, 0.717) is 5.75 Å². The third-order valence-corrected chi connectivity index (χ3v) is 3.50. The SMILES string of the molecule is CS(=O)(=O)CCSCC(N)C(=O)O. The van der Waals surface area contributed by atoms with Gasteiger partial charge in [0.1, 0.15) is 15.9 Å². The van der Waals surface area contributed by atoms with Crippen molar-refractivity contribution in [2.24, 2.45) is 5.73 Å². The zero-order chi connectivity index (χ0) is 10.5. The number of carboxylic acid groups (broad SMARTS) is 1. The van der Waals surface area contributed by atoms with Crippen molar-refractivity contribution < 1.29 is 18.3 Å². The van der Waals surface area contributed by atoms with E-state index >= 15 is 0 Å². The highest BCUT2D eigenvalue weighted by Crippen LogP contribution is 2.02. The summed E-state index contributed by atoms with van der Waals surface area (Å²) in [5.74, 6) is -0.374. The Labute approximate surface area is 81.6 Å². The Balaban J connectivity index is 3.53. The van der Waals surface area contributed by atoms with E-state index in [-0.39, 0.29) is 11.5 Å². The van der Waals surface area contributed by atoms with Crippen molar-refractivity contribution in [1.82, 2.24) is 0 Å². The van der Waals surface area contributed by atoms with Crippen LogP contribution in [0.2, 0.25) is 0 Å².